The molecular formula is C24H23F2N3O3. The average molecular weight is 439 g/mol. The maximum Gasteiger partial charge on any atom is 0.251 e. The van der Waals surface area contributed by atoms with Crippen molar-refractivity contribution in [1.29, 1.82) is 0 Å². The van der Waals surface area contributed by atoms with Crippen LogP contribution in [0.5, 0.6) is 0 Å². The molecule has 0 unspecified atom stereocenters. The van der Waals surface area contributed by atoms with Crippen molar-refractivity contribution in [1.82, 2.24) is 10.2 Å². The molecule has 166 valence electrons. The number of furan rings is 1. The zero-order valence-electron chi connectivity index (χ0n) is 17.3. The van der Waals surface area contributed by atoms with E-state index in [0.717, 1.165) is 36.6 Å². The highest BCUT2D eigenvalue weighted by Gasteiger charge is 2.23. The molecule has 1 saturated carbocycles. The number of carbonyl (C=O) groups excluding carboxylic acids is 2. The molecule has 1 aliphatic rings. The smallest absolute Gasteiger partial charge is 0.251 e. The van der Waals surface area contributed by atoms with Crippen LogP contribution in [0.2, 0.25) is 0 Å². The van der Waals surface area contributed by atoms with Crippen LogP contribution < -0.4 is 10.6 Å². The van der Waals surface area contributed by atoms with Gasteiger partial charge in [0, 0.05) is 24.2 Å². The van der Waals surface area contributed by atoms with Crippen molar-refractivity contribution in [3.63, 3.8) is 0 Å². The van der Waals surface area contributed by atoms with Gasteiger partial charge in [0.1, 0.15) is 17.4 Å². The summed E-state index contributed by atoms with van der Waals surface area (Å²) in [5, 5.41) is 5.36. The van der Waals surface area contributed by atoms with E-state index in [1.165, 1.54) is 0 Å². The summed E-state index contributed by atoms with van der Waals surface area (Å²) in [6, 6.07) is 13.9. The van der Waals surface area contributed by atoms with Gasteiger partial charge in [0.2, 0.25) is 5.91 Å². The maximum atomic E-state index is 13.9. The van der Waals surface area contributed by atoms with Crippen LogP contribution in [0.3, 0.4) is 0 Å². The lowest BCUT2D eigenvalue weighted by Crippen LogP contribution is -2.32. The van der Waals surface area contributed by atoms with Gasteiger partial charge in [-0.1, -0.05) is 12.1 Å². The van der Waals surface area contributed by atoms with Crippen molar-refractivity contribution >= 4 is 17.5 Å². The highest BCUT2D eigenvalue weighted by Crippen LogP contribution is 2.20. The Bertz CT molecular complexity index is 1080. The highest BCUT2D eigenvalue weighted by molar-refractivity contribution is 5.94. The second-order valence-corrected chi connectivity index (χ2v) is 7.84. The van der Waals surface area contributed by atoms with E-state index in [9.17, 15) is 18.4 Å². The standard InChI is InChI=1S/C24H23F2N3O3/c25-18-7-10-21(26)22(12-18)28-23(30)15-29(14-20-2-1-11-32-20)13-16-3-5-17(6-4-16)24(31)27-19-8-9-19/h1-7,10-12,19H,8-9,13-15H2,(H,27,31)(H,28,30). The zero-order valence-corrected chi connectivity index (χ0v) is 17.3. The predicted molar refractivity (Wildman–Crippen MR) is 115 cm³/mol. The molecule has 0 spiro atoms. The van der Waals surface area contributed by atoms with Gasteiger partial charge in [-0.2, -0.15) is 0 Å². The lowest BCUT2D eigenvalue weighted by molar-refractivity contribution is -0.117. The van der Waals surface area contributed by atoms with Gasteiger partial charge in [0.05, 0.1) is 25.0 Å². The summed E-state index contributed by atoms with van der Waals surface area (Å²) in [6.45, 7) is 0.667. The van der Waals surface area contributed by atoms with E-state index in [-0.39, 0.29) is 24.2 Å². The quantitative estimate of drug-likeness (QED) is 0.527. The molecule has 1 heterocycles. The lowest BCUT2D eigenvalue weighted by Gasteiger charge is -2.21. The van der Waals surface area contributed by atoms with Crippen LogP contribution in [0.1, 0.15) is 34.5 Å². The first-order chi connectivity index (χ1) is 15.5. The molecule has 0 aliphatic heterocycles. The minimum absolute atomic E-state index is 0.0689. The summed E-state index contributed by atoms with van der Waals surface area (Å²) >= 11 is 0. The van der Waals surface area contributed by atoms with Crippen molar-refractivity contribution in [3.05, 3.63) is 89.4 Å². The summed E-state index contributed by atoms with van der Waals surface area (Å²) in [5.41, 5.74) is 1.26. The largest absolute Gasteiger partial charge is 0.468 e. The van der Waals surface area contributed by atoms with Gasteiger partial charge in [-0.15, -0.1) is 0 Å². The van der Waals surface area contributed by atoms with Gasteiger partial charge in [-0.25, -0.2) is 8.78 Å². The molecule has 2 N–H and O–H groups in total. The number of halogens is 2. The molecule has 2 aromatic carbocycles. The zero-order chi connectivity index (χ0) is 22.5. The molecule has 0 saturated heterocycles. The second-order valence-electron chi connectivity index (χ2n) is 7.84. The summed E-state index contributed by atoms with van der Waals surface area (Å²) in [5.74, 6) is -1.27. The van der Waals surface area contributed by atoms with Gasteiger partial charge in [0.25, 0.3) is 5.91 Å². The molecule has 2 amide bonds. The minimum Gasteiger partial charge on any atom is -0.468 e. The van der Waals surface area contributed by atoms with Crippen LogP contribution in [-0.2, 0) is 17.9 Å². The topological polar surface area (TPSA) is 74.6 Å². The van der Waals surface area contributed by atoms with Crippen LogP contribution in [-0.4, -0.2) is 29.3 Å². The van der Waals surface area contributed by atoms with E-state index in [1.54, 1.807) is 30.5 Å². The molecule has 1 fully saturated rings. The minimum atomic E-state index is -0.711. The fourth-order valence-electron chi connectivity index (χ4n) is 3.29. The second kappa shape index (κ2) is 9.74. The van der Waals surface area contributed by atoms with E-state index in [0.29, 0.717) is 24.4 Å². The third-order valence-electron chi connectivity index (χ3n) is 5.06. The van der Waals surface area contributed by atoms with Crippen molar-refractivity contribution in [2.75, 3.05) is 11.9 Å². The first-order valence-corrected chi connectivity index (χ1v) is 10.4. The fourth-order valence-corrected chi connectivity index (χ4v) is 3.29. The third-order valence-corrected chi connectivity index (χ3v) is 5.06. The van der Waals surface area contributed by atoms with Crippen LogP contribution in [0, 0.1) is 11.6 Å². The van der Waals surface area contributed by atoms with Gasteiger partial charge in [0.15, 0.2) is 0 Å². The van der Waals surface area contributed by atoms with Crippen molar-refractivity contribution in [2.45, 2.75) is 32.0 Å². The van der Waals surface area contributed by atoms with E-state index in [2.05, 4.69) is 10.6 Å². The molecule has 0 bridgehead atoms. The molecular weight excluding hydrogens is 416 g/mol. The van der Waals surface area contributed by atoms with Gasteiger partial charge in [-0.3, -0.25) is 14.5 Å². The monoisotopic (exact) mass is 439 g/mol. The Labute approximate surface area is 184 Å². The molecule has 0 atom stereocenters. The van der Waals surface area contributed by atoms with E-state index in [1.807, 2.05) is 17.0 Å². The fraction of sp³-hybridized carbons (Fsp3) is 0.250. The molecule has 6 nitrogen and oxygen atoms in total. The lowest BCUT2D eigenvalue weighted by atomic mass is 10.1. The number of nitrogens with one attached hydrogen (secondary N) is 2. The Balaban J connectivity index is 1.42. The number of amides is 2. The summed E-state index contributed by atoms with van der Waals surface area (Å²) in [4.78, 5) is 26.5. The first-order valence-electron chi connectivity index (χ1n) is 10.4. The van der Waals surface area contributed by atoms with Gasteiger partial charge in [-0.05, 0) is 54.8 Å². The Kier molecular flexibility index (Phi) is 6.61. The van der Waals surface area contributed by atoms with E-state index >= 15 is 0 Å². The summed E-state index contributed by atoms with van der Waals surface area (Å²) in [7, 11) is 0. The van der Waals surface area contributed by atoms with Crippen LogP contribution in [0.25, 0.3) is 0 Å². The van der Waals surface area contributed by atoms with Crippen LogP contribution in [0.4, 0.5) is 14.5 Å². The molecule has 32 heavy (non-hydrogen) atoms. The number of hydrogen-bond donors (Lipinski definition) is 2. The van der Waals surface area contributed by atoms with Crippen molar-refractivity contribution < 1.29 is 22.8 Å². The number of nitrogens with zero attached hydrogens (tertiary/aromatic N) is 1. The number of hydrogen-bond acceptors (Lipinski definition) is 4. The maximum absolute atomic E-state index is 13.9. The number of benzene rings is 2. The Hall–Kier alpha value is -3.52. The first kappa shape index (κ1) is 21.7. The molecule has 4 rings (SSSR count). The molecule has 8 heteroatoms. The van der Waals surface area contributed by atoms with Crippen LogP contribution >= 0.6 is 0 Å². The highest BCUT2D eigenvalue weighted by atomic mass is 19.1. The Morgan fingerprint density at radius 2 is 1.81 bits per heavy atom. The molecule has 0 radical (unpaired) electrons. The SMILES string of the molecule is O=C(CN(Cc1ccc(C(=O)NC2CC2)cc1)Cc1ccco1)Nc1cc(F)ccc1F. The van der Waals surface area contributed by atoms with Gasteiger partial charge < -0.3 is 15.1 Å². The summed E-state index contributed by atoms with van der Waals surface area (Å²) < 4.78 is 32.6. The predicted octanol–water partition coefficient (Wildman–Crippen LogP) is 4.09. The van der Waals surface area contributed by atoms with E-state index in [4.69, 9.17) is 4.42 Å². The van der Waals surface area contributed by atoms with Crippen molar-refractivity contribution in [3.8, 4) is 0 Å². The van der Waals surface area contributed by atoms with E-state index < -0.39 is 17.5 Å². The Morgan fingerprint density at radius 3 is 2.50 bits per heavy atom. The molecule has 3 aromatic rings. The van der Waals surface area contributed by atoms with Crippen LogP contribution in [0.15, 0.2) is 65.3 Å². The summed E-state index contributed by atoms with van der Waals surface area (Å²) in [6.07, 6.45) is 3.59. The number of rotatable bonds is 9. The normalized spacial score (nSPS) is 13.2. The number of carbonyl (C=O) groups is 2. The molecule has 1 aromatic heterocycles. The number of anilines is 1. The average Bonchev–Trinajstić information content (AvgIpc) is 3.43. The van der Waals surface area contributed by atoms with Gasteiger partial charge >= 0.3 is 0 Å². The Morgan fingerprint density at radius 1 is 1.03 bits per heavy atom. The van der Waals surface area contributed by atoms with Crippen molar-refractivity contribution in [2.24, 2.45) is 0 Å². The third kappa shape index (κ3) is 6.01. The molecule has 1 aliphatic carbocycles.